The molecule has 0 radical (unpaired) electrons. The smallest absolute Gasteiger partial charge is 0.407 e. The highest BCUT2D eigenvalue weighted by Gasteiger charge is 2.15. The summed E-state index contributed by atoms with van der Waals surface area (Å²) in [5.41, 5.74) is 2.25. The highest BCUT2D eigenvalue weighted by molar-refractivity contribution is 5.78. The van der Waals surface area contributed by atoms with Gasteiger partial charge in [0.05, 0.1) is 13.1 Å². The summed E-state index contributed by atoms with van der Waals surface area (Å²) in [6.45, 7) is 15.4. The maximum Gasteiger partial charge on any atom is 0.407 e. The number of carbonyl (C=O) groups excluding carboxylic acids is 2. The van der Waals surface area contributed by atoms with Gasteiger partial charge in [0.15, 0.2) is 0 Å². The lowest BCUT2D eigenvalue weighted by Crippen LogP contribution is -2.35. The zero-order valence-electron chi connectivity index (χ0n) is 19.4. The topological polar surface area (TPSA) is 101 Å². The van der Waals surface area contributed by atoms with Gasteiger partial charge in [-0.3, -0.25) is 0 Å². The van der Waals surface area contributed by atoms with Crippen LogP contribution in [0.4, 0.5) is 4.79 Å². The average Bonchev–Trinajstić information content (AvgIpc) is 2.66. The van der Waals surface area contributed by atoms with Crippen LogP contribution in [0.25, 0.3) is 0 Å². The molecular formula is C22H38N4O4. The quantitative estimate of drug-likeness (QED) is 0.230. The van der Waals surface area contributed by atoms with E-state index in [0.29, 0.717) is 19.0 Å². The number of hydrogen-bond acceptors (Lipinski definition) is 7. The lowest BCUT2D eigenvalue weighted by molar-refractivity contribution is -0.106. The van der Waals surface area contributed by atoms with Gasteiger partial charge in [0, 0.05) is 6.72 Å². The van der Waals surface area contributed by atoms with Gasteiger partial charge in [-0.25, -0.2) is 4.79 Å². The van der Waals surface area contributed by atoms with Gasteiger partial charge >= 0.3 is 6.09 Å². The first kappa shape index (κ1) is 29.5. The van der Waals surface area contributed by atoms with E-state index in [1.807, 2.05) is 0 Å². The lowest BCUT2D eigenvalue weighted by atomic mass is 10.1. The molecule has 0 aliphatic heterocycles. The van der Waals surface area contributed by atoms with Crippen LogP contribution in [0, 0.1) is 6.92 Å². The summed E-state index contributed by atoms with van der Waals surface area (Å²) in [7, 11) is 1.76. The van der Waals surface area contributed by atoms with E-state index in [1.54, 1.807) is 27.8 Å². The maximum atomic E-state index is 11.3. The predicted octanol–water partition coefficient (Wildman–Crippen LogP) is 3.52. The van der Waals surface area contributed by atoms with Crippen LogP contribution in [0.15, 0.2) is 34.5 Å². The molecule has 0 aliphatic rings. The first-order valence-electron chi connectivity index (χ1n) is 9.85. The summed E-state index contributed by atoms with van der Waals surface area (Å²) in [4.78, 5) is 20.1. The Morgan fingerprint density at radius 2 is 1.80 bits per heavy atom. The molecule has 0 unspecified atom stereocenters. The lowest BCUT2D eigenvalue weighted by Gasteiger charge is -2.19. The van der Waals surface area contributed by atoms with Gasteiger partial charge in [0.25, 0.3) is 0 Å². The molecule has 0 aliphatic carbocycles. The van der Waals surface area contributed by atoms with E-state index in [4.69, 9.17) is 14.3 Å². The second-order valence-corrected chi connectivity index (χ2v) is 7.02. The van der Waals surface area contributed by atoms with E-state index in [2.05, 4.69) is 65.7 Å². The number of rotatable bonds is 7. The van der Waals surface area contributed by atoms with E-state index in [-0.39, 0.29) is 6.61 Å². The van der Waals surface area contributed by atoms with Crippen molar-refractivity contribution in [3.8, 4) is 0 Å². The molecule has 0 aromatic heterocycles. The van der Waals surface area contributed by atoms with Gasteiger partial charge in [0.2, 0.25) is 5.90 Å². The summed E-state index contributed by atoms with van der Waals surface area (Å²) in [5.74, 6) is 0.415. The number of nitrogens with zero attached hydrogens (tertiary/aromatic N) is 2. The largest absolute Gasteiger partial charge is 0.477 e. The van der Waals surface area contributed by atoms with E-state index in [9.17, 15) is 4.79 Å². The molecule has 0 spiro atoms. The van der Waals surface area contributed by atoms with Gasteiger partial charge in [-0.1, -0.05) is 36.8 Å². The molecule has 2 N–H and O–H groups in total. The number of benzene rings is 1. The Hall–Kier alpha value is -2.74. The third-order valence-electron chi connectivity index (χ3n) is 3.08. The van der Waals surface area contributed by atoms with Gasteiger partial charge in [-0.15, -0.1) is 5.10 Å². The van der Waals surface area contributed by atoms with Gasteiger partial charge in [-0.05, 0) is 53.7 Å². The standard InChI is InChI=1S/C11H22N4O3.C9H12.C2H4O/c1-11(2,3)18-10(16)14-6-7-17-9(8-12-4)15-13-5;1-3-9-6-4-8(2)5-7-9;1-2-3/h12H,5-8H2,1-4H3,(H,14,16);4-7H,3H2,1-2H3;2H,1H3/b15-9-;;. The van der Waals surface area contributed by atoms with Gasteiger partial charge in [0.1, 0.15) is 18.5 Å². The zero-order valence-corrected chi connectivity index (χ0v) is 19.4. The summed E-state index contributed by atoms with van der Waals surface area (Å²) in [6, 6.07) is 8.66. The molecular weight excluding hydrogens is 384 g/mol. The number of aryl methyl sites for hydroxylation is 2. The molecule has 0 bridgehead atoms. The molecule has 0 heterocycles. The Morgan fingerprint density at radius 1 is 1.23 bits per heavy atom. The normalized spacial score (nSPS) is 10.4. The fraction of sp³-hybridized carbons (Fsp3) is 0.545. The van der Waals surface area contributed by atoms with Crippen molar-refractivity contribution in [2.45, 2.75) is 53.6 Å². The zero-order chi connectivity index (χ0) is 23.4. The second-order valence-electron chi connectivity index (χ2n) is 7.02. The third kappa shape index (κ3) is 20.0. The number of likely N-dealkylation sites (N-methyl/N-ethyl adjacent to an activating group) is 1. The van der Waals surface area contributed by atoms with Crippen molar-refractivity contribution in [3.63, 3.8) is 0 Å². The van der Waals surface area contributed by atoms with Crippen molar-refractivity contribution in [1.82, 2.24) is 10.6 Å². The van der Waals surface area contributed by atoms with Crippen LogP contribution in [0.1, 0.15) is 45.7 Å². The number of hydrogen-bond donors (Lipinski definition) is 2. The maximum absolute atomic E-state index is 11.3. The number of aldehydes is 1. The Balaban J connectivity index is 0. The van der Waals surface area contributed by atoms with E-state index >= 15 is 0 Å². The molecule has 0 saturated carbocycles. The number of alkyl carbamates (subject to hydrolysis) is 1. The fourth-order valence-electron chi connectivity index (χ4n) is 1.81. The van der Waals surface area contributed by atoms with Crippen molar-refractivity contribution in [2.75, 3.05) is 26.7 Å². The molecule has 0 saturated heterocycles. The molecule has 30 heavy (non-hydrogen) atoms. The van der Waals surface area contributed by atoms with Crippen LogP contribution < -0.4 is 10.6 Å². The minimum absolute atomic E-state index is 0.287. The molecule has 1 rings (SSSR count). The van der Waals surface area contributed by atoms with Crippen molar-refractivity contribution in [1.29, 1.82) is 0 Å². The Bertz CT molecular complexity index is 623. The van der Waals surface area contributed by atoms with Crippen molar-refractivity contribution in [2.24, 2.45) is 10.2 Å². The van der Waals surface area contributed by atoms with E-state index in [1.165, 1.54) is 18.1 Å². The van der Waals surface area contributed by atoms with Crippen LogP contribution in [0.2, 0.25) is 0 Å². The summed E-state index contributed by atoms with van der Waals surface area (Å²) < 4.78 is 10.3. The first-order valence-corrected chi connectivity index (χ1v) is 9.85. The van der Waals surface area contributed by atoms with Crippen LogP contribution in [0.3, 0.4) is 0 Å². The molecule has 8 nitrogen and oxygen atoms in total. The van der Waals surface area contributed by atoms with E-state index < -0.39 is 11.7 Å². The average molecular weight is 423 g/mol. The minimum Gasteiger partial charge on any atom is -0.477 e. The van der Waals surface area contributed by atoms with Crippen LogP contribution in [-0.2, 0) is 20.7 Å². The number of nitrogens with one attached hydrogen (secondary N) is 2. The van der Waals surface area contributed by atoms with Crippen molar-refractivity contribution >= 4 is 25.0 Å². The van der Waals surface area contributed by atoms with Crippen LogP contribution >= 0.6 is 0 Å². The fourth-order valence-corrected chi connectivity index (χ4v) is 1.81. The SMILES string of the molecule is C=N/N=C(/CNC)OCCNC(=O)OC(C)(C)C.CC=O.CCc1ccc(C)cc1. The Morgan fingerprint density at radius 3 is 2.23 bits per heavy atom. The number of carbonyl (C=O) groups is 2. The molecule has 1 amide bonds. The monoisotopic (exact) mass is 422 g/mol. The van der Waals surface area contributed by atoms with Gasteiger partial charge < -0.3 is 24.9 Å². The molecule has 0 atom stereocenters. The highest BCUT2D eigenvalue weighted by atomic mass is 16.6. The Labute approximate surface area is 181 Å². The molecule has 8 heteroatoms. The van der Waals surface area contributed by atoms with Crippen LogP contribution in [-0.4, -0.2) is 57.3 Å². The molecule has 170 valence electrons. The van der Waals surface area contributed by atoms with Gasteiger partial charge in [-0.2, -0.15) is 5.10 Å². The highest BCUT2D eigenvalue weighted by Crippen LogP contribution is 2.06. The van der Waals surface area contributed by atoms with Crippen LogP contribution in [0.5, 0.6) is 0 Å². The number of amides is 1. The van der Waals surface area contributed by atoms with Crippen molar-refractivity contribution < 1.29 is 19.1 Å². The molecule has 1 aromatic rings. The van der Waals surface area contributed by atoms with E-state index in [0.717, 1.165) is 12.7 Å². The summed E-state index contributed by atoms with van der Waals surface area (Å²) in [5, 5.41) is 12.5. The molecule has 0 fully saturated rings. The molecule has 1 aromatic carbocycles. The first-order chi connectivity index (χ1) is 14.1. The minimum atomic E-state index is -0.504. The third-order valence-corrected chi connectivity index (χ3v) is 3.08. The van der Waals surface area contributed by atoms with Crippen molar-refractivity contribution in [3.05, 3.63) is 35.4 Å². The number of ether oxygens (including phenoxy) is 2. The summed E-state index contributed by atoms with van der Waals surface area (Å²) in [6.07, 6.45) is 1.42. The predicted molar refractivity (Wildman–Crippen MR) is 123 cm³/mol. The second kappa shape index (κ2) is 18.3. The summed E-state index contributed by atoms with van der Waals surface area (Å²) >= 11 is 0. The Kier molecular flexibility index (Phi) is 18.0.